The highest BCUT2D eigenvalue weighted by Gasteiger charge is 2.17. The molecule has 0 fully saturated rings. The molecule has 3 aromatic rings. The van der Waals surface area contributed by atoms with E-state index >= 15 is 0 Å². The van der Waals surface area contributed by atoms with Crippen LogP contribution in [-0.2, 0) is 0 Å². The Morgan fingerprint density at radius 3 is 2.20 bits per heavy atom. The molecule has 0 aliphatic rings. The summed E-state index contributed by atoms with van der Waals surface area (Å²) in [6.45, 7) is 0. The molecule has 0 saturated heterocycles. The van der Waals surface area contributed by atoms with E-state index in [9.17, 15) is 14.9 Å². The van der Waals surface area contributed by atoms with Gasteiger partial charge in [0.25, 0.3) is 5.69 Å². The first-order chi connectivity index (χ1) is 12.0. The molecule has 3 rings (SSSR count). The second-order valence-corrected chi connectivity index (χ2v) is 6.06. The number of esters is 1. The quantitative estimate of drug-likeness (QED) is 0.261. The summed E-state index contributed by atoms with van der Waals surface area (Å²) in [6.07, 6.45) is 0. The Morgan fingerprint density at radius 2 is 1.56 bits per heavy atom. The molecular formula is C19H12BrNO4. The predicted octanol–water partition coefficient (Wildman–Crippen LogP) is 5.24. The summed E-state index contributed by atoms with van der Waals surface area (Å²) < 4.78 is 5.60. The van der Waals surface area contributed by atoms with E-state index in [1.807, 2.05) is 42.5 Å². The molecule has 0 bridgehead atoms. The SMILES string of the molecule is O=C(Oc1ccc(-c2ccccc2)cc1)c1ccc(Br)c([N+](=O)[O-])c1. The molecule has 0 unspecified atom stereocenters. The van der Waals surface area contributed by atoms with Gasteiger partial charge in [0.2, 0.25) is 0 Å². The lowest BCUT2D eigenvalue weighted by Gasteiger charge is -2.06. The van der Waals surface area contributed by atoms with Crippen molar-refractivity contribution in [2.45, 2.75) is 0 Å². The molecule has 0 heterocycles. The number of benzene rings is 3. The van der Waals surface area contributed by atoms with Crippen LogP contribution in [0.2, 0.25) is 0 Å². The largest absolute Gasteiger partial charge is 0.423 e. The molecule has 3 aromatic carbocycles. The van der Waals surface area contributed by atoms with Crippen molar-refractivity contribution in [1.29, 1.82) is 0 Å². The van der Waals surface area contributed by atoms with Gasteiger partial charge in [0.15, 0.2) is 0 Å². The average Bonchev–Trinajstić information content (AvgIpc) is 2.63. The highest BCUT2D eigenvalue weighted by atomic mass is 79.9. The average molecular weight is 398 g/mol. The van der Waals surface area contributed by atoms with Crippen molar-refractivity contribution >= 4 is 27.6 Å². The molecule has 0 spiro atoms. The third-order valence-electron chi connectivity index (χ3n) is 3.55. The van der Waals surface area contributed by atoms with Gasteiger partial charge in [0, 0.05) is 6.07 Å². The van der Waals surface area contributed by atoms with E-state index in [4.69, 9.17) is 4.74 Å². The number of hydrogen-bond acceptors (Lipinski definition) is 4. The maximum Gasteiger partial charge on any atom is 0.343 e. The fraction of sp³-hybridized carbons (Fsp3) is 0. The van der Waals surface area contributed by atoms with Crippen LogP contribution in [0.5, 0.6) is 5.75 Å². The number of halogens is 1. The Kier molecular flexibility index (Phi) is 4.90. The van der Waals surface area contributed by atoms with E-state index in [0.29, 0.717) is 10.2 Å². The molecule has 0 aliphatic heterocycles. The minimum Gasteiger partial charge on any atom is -0.423 e. The lowest BCUT2D eigenvalue weighted by atomic mass is 10.1. The number of ether oxygens (including phenoxy) is 1. The van der Waals surface area contributed by atoms with Crippen molar-refractivity contribution < 1.29 is 14.5 Å². The zero-order valence-corrected chi connectivity index (χ0v) is 14.5. The van der Waals surface area contributed by atoms with Crippen LogP contribution in [0, 0.1) is 10.1 Å². The highest BCUT2D eigenvalue weighted by molar-refractivity contribution is 9.10. The minimum absolute atomic E-state index is 0.113. The number of rotatable bonds is 4. The van der Waals surface area contributed by atoms with Crippen molar-refractivity contribution in [3.63, 3.8) is 0 Å². The van der Waals surface area contributed by atoms with Gasteiger partial charge in [0.1, 0.15) is 5.75 Å². The number of nitro benzene ring substituents is 1. The summed E-state index contributed by atoms with van der Waals surface area (Å²) in [5.74, 6) is -0.279. The van der Waals surface area contributed by atoms with Gasteiger partial charge < -0.3 is 4.74 Å². The van der Waals surface area contributed by atoms with Crippen LogP contribution in [0.4, 0.5) is 5.69 Å². The summed E-state index contributed by atoms with van der Waals surface area (Å²) in [4.78, 5) is 22.6. The van der Waals surface area contributed by atoms with E-state index in [1.165, 1.54) is 18.2 Å². The fourth-order valence-corrected chi connectivity index (χ4v) is 2.68. The molecule has 0 amide bonds. The minimum atomic E-state index is -0.650. The molecule has 5 nitrogen and oxygen atoms in total. The van der Waals surface area contributed by atoms with Gasteiger partial charge in [-0.3, -0.25) is 10.1 Å². The number of hydrogen-bond donors (Lipinski definition) is 0. The van der Waals surface area contributed by atoms with Gasteiger partial charge in [-0.2, -0.15) is 0 Å². The molecule has 0 saturated carbocycles. The Bertz CT molecular complexity index is 924. The zero-order chi connectivity index (χ0) is 17.8. The Labute approximate surface area is 152 Å². The number of nitrogens with zero attached hydrogens (tertiary/aromatic N) is 1. The monoisotopic (exact) mass is 397 g/mol. The molecule has 0 radical (unpaired) electrons. The second-order valence-electron chi connectivity index (χ2n) is 5.20. The zero-order valence-electron chi connectivity index (χ0n) is 12.9. The van der Waals surface area contributed by atoms with Gasteiger partial charge >= 0.3 is 5.97 Å². The van der Waals surface area contributed by atoms with Crippen LogP contribution in [-0.4, -0.2) is 10.9 Å². The maximum absolute atomic E-state index is 12.2. The smallest absolute Gasteiger partial charge is 0.343 e. The third kappa shape index (κ3) is 3.92. The molecule has 0 atom stereocenters. The summed E-state index contributed by atoms with van der Waals surface area (Å²) in [7, 11) is 0. The van der Waals surface area contributed by atoms with Crippen LogP contribution in [0.15, 0.2) is 77.3 Å². The third-order valence-corrected chi connectivity index (χ3v) is 4.22. The van der Waals surface area contributed by atoms with Gasteiger partial charge in [-0.05, 0) is 51.3 Å². The van der Waals surface area contributed by atoms with E-state index in [-0.39, 0.29) is 11.3 Å². The van der Waals surface area contributed by atoms with E-state index in [0.717, 1.165) is 11.1 Å². The normalized spacial score (nSPS) is 10.3. The number of nitro groups is 1. The number of carbonyl (C=O) groups excluding carboxylic acids is 1. The van der Waals surface area contributed by atoms with Crippen LogP contribution in [0.25, 0.3) is 11.1 Å². The van der Waals surface area contributed by atoms with E-state index < -0.39 is 10.9 Å². The van der Waals surface area contributed by atoms with E-state index in [2.05, 4.69) is 15.9 Å². The first-order valence-corrected chi connectivity index (χ1v) is 8.15. The summed E-state index contributed by atoms with van der Waals surface area (Å²) in [6, 6.07) is 21.0. The topological polar surface area (TPSA) is 69.4 Å². The number of carbonyl (C=O) groups is 1. The Morgan fingerprint density at radius 1 is 0.920 bits per heavy atom. The highest BCUT2D eigenvalue weighted by Crippen LogP contribution is 2.27. The van der Waals surface area contributed by atoms with Crippen molar-refractivity contribution in [2.75, 3.05) is 0 Å². The first-order valence-electron chi connectivity index (χ1n) is 7.36. The van der Waals surface area contributed by atoms with Crippen molar-refractivity contribution in [2.24, 2.45) is 0 Å². The molecule has 25 heavy (non-hydrogen) atoms. The van der Waals surface area contributed by atoms with Crippen molar-refractivity contribution in [3.05, 3.63) is 92.9 Å². The molecule has 0 aromatic heterocycles. The summed E-state index contributed by atoms with van der Waals surface area (Å²) in [5.41, 5.74) is 1.99. The van der Waals surface area contributed by atoms with Crippen LogP contribution < -0.4 is 4.74 Å². The fourth-order valence-electron chi connectivity index (χ4n) is 2.29. The van der Waals surface area contributed by atoms with Crippen molar-refractivity contribution in [1.82, 2.24) is 0 Å². The lowest BCUT2D eigenvalue weighted by molar-refractivity contribution is -0.385. The Balaban J connectivity index is 1.77. The standard InChI is InChI=1S/C19H12BrNO4/c20-17-11-8-15(12-18(17)21(23)24)19(22)25-16-9-6-14(7-10-16)13-4-2-1-3-5-13/h1-12H. The summed E-state index contributed by atoms with van der Waals surface area (Å²) in [5, 5.41) is 11.0. The van der Waals surface area contributed by atoms with Gasteiger partial charge in [-0.15, -0.1) is 0 Å². The molecule has 0 N–H and O–H groups in total. The lowest BCUT2D eigenvalue weighted by Crippen LogP contribution is -2.09. The van der Waals surface area contributed by atoms with Gasteiger partial charge in [-0.25, -0.2) is 4.79 Å². The molecule has 6 heteroatoms. The van der Waals surface area contributed by atoms with E-state index in [1.54, 1.807) is 12.1 Å². The second kappa shape index (κ2) is 7.27. The predicted molar refractivity (Wildman–Crippen MR) is 97.6 cm³/mol. The van der Waals surface area contributed by atoms with Crippen LogP contribution in [0.1, 0.15) is 10.4 Å². The van der Waals surface area contributed by atoms with Gasteiger partial charge in [-0.1, -0.05) is 42.5 Å². The Hall–Kier alpha value is -2.99. The maximum atomic E-state index is 12.2. The first kappa shape index (κ1) is 16.9. The van der Waals surface area contributed by atoms with Crippen molar-refractivity contribution in [3.8, 4) is 16.9 Å². The summed E-state index contributed by atoms with van der Waals surface area (Å²) >= 11 is 3.08. The molecule has 124 valence electrons. The van der Waals surface area contributed by atoms with Crippen LogP contribution >= 0.6 is 15.9 Å². The van der Waals surface area contributed by atoms with Crippen LogP contribution in [0.3, 0.4) is 0 Å². The van der Waals surface area contributed by atoms with Gasteiger partial charge in [0.05, 0.1) is 15.0 Å². The molecular weight excluding hydrogens is 386 g/mol. The molecule has 0 aliphatic carbocycles.